The minimum atomic E-state index is -0.198. The predicted molar refractivity (Wildman–Crippen MR) is 96.8 cm³/mol. The van der Waals surface area contributed by atoms with Crippen LogP contribution in [0.15, 0.2) is 22.7 Å². The molecule has 1 aromatic rings. The smallest absolute Gasteiger partial charge is 0.137 e. The lowest BCUT2D eigenvalue weighted by molar-refractivity contribution is 0.0526. The Hall–Kier alpha value is -0.200. The first-order valence-corrected chi connectivity index (χ1v) is 9.02. The summed E-state index contributed by atoms with van der Waals surface area (Å²) in [5, 5.41) is 7.31. The van der Waals surface area contributed by atoms with Crippen LogP contribution in [0.3, 0.4) is 0 Å². The number of hydrogen-bond donors (Lipinski definition) is 2. The fourth-order valence-corrected chi connectivity index (χ4v) is 4.11. The summed E-state index contributed by atoms with van der Waals surface area (Å²) in [6, 6.07) is 6.34. The second-order valence-corrected chi connectivity index (χ2v) is 7.14. The Morgan fingerprint density at radius 1 is 1.35 bits per heavy atom. The number of ether oxygens (including phenoxy) is 1. The molecule has 0 bridgehead atoms. The molecule has 23 heavy (non-hydrogen) atoms. The van der Waals surface area contributed by atoms with E-state index in [1.54, 1.807) is 0 Å². The van der Waals surface area contributed by atoms with Gasteiger partial charge >= 0.3 is 0 Å². The summed E-state index contributed by atoms with van der Waals surface area (Å²) >= 11 is 3.25. The average Bonchev–Trinajstić information content (AvgIpc) is 3.00. The molecule has 2 fully saturated rings. The van der Waals surface area contributed by atoms with Crippen molar-refractivity contribution in [2.75, 3.05) is 26.3 Å². The number of halogens is 3. The molecule has 3 unspecified atom stereocenters. The quantitative estimate of drug-likeness (QED) is 0.786. The molecule has 1 aliphatic carbocycles. The Morgan fingerprint density at radius 3 is 2.96 bits per heavy atom. The summed E-state index contributed by atoms with van der Waals surface area (Å²) in [6.07, 6.45) is 4.75. The standard InChI is InChI=1S/C17H24BrFN2O.ClH/c18-14-10-12(4-5-15(14)19)6-7-20-16-3-1-2-13(16)17-11-22-9-8-21-17;/h4-5,10,13,16-17,20-21H,1-3,6-9,11H2;1H. The Kier molecular flexibility index (Phi) is 7.76. The number of hydrogen-bond acceptors (Lipinski definition) is 3. The van der Waals surface area contributed by atoms with Gasteiger partial charge in [-0.15, -0.1) is 12.4 Å². The molecule has 6 heteroatoms. The van der Waals surface area contributed by atoms with Crippen LogP contribution in [0.5, 0.6) is 0 Å². The van der Waals surface area contributed by atoms with Crippen molar-refractivity contribution in [1.82, 2.24) is 10.6 Å². The molecular formula is C17H25BrClFN2O. The van der Waals surface area contributed by atoms with E-state index in [1.807, 2.05) is 12.1 Å². The van der Waals surface area contributed by atoms with Crippen LogP contribution in [0.4, 0.5) is 4.39 Å². The highest BCUT2D eigenvalue weighted by atomic mass is 79.9. The van der Waals surface area contributed by atoms with Crippen molar-refractivity contribution >= 4 is 28.3 Å². The van der Waals surface area contributed by atoms with Gasteiger partial charge in [0.05, 0.1) is 17.7 Å². The fourth-order valence-electron chi connectivity index (χ4n) is 3.68. The monoisotopic (exact) mass is 406 g/mol. The summed E-state index contributed by atoms with van der Waals surface area (Å²) in [7, 11) is 0. The summed E-state index contributed by atoms with van der Waals surface area (Å²) in [5.41, 5.74) is 1.16. The highest BCUT2D eigenvalue weighted by Gasteiger charge is 2.34. The first-order valence-electron chi connectivity index (χ1n) is 8.22. The maximum absolute atomic E-state index is 13.2. The highest BCUT2D eigenvalue weighted by molar-refractivity contribution is 9.10. The molecule has 3 nitrogen and oxygen atoms in total. The van der Waals surface area contributed by atoms with Crippen LogP contribution >= 0.6 is 28.3 Å². The molecule has 1 aliphatic heterocycles. The fraction of sp³-hybridized carbons (Fsp3) is 0.647. The molecule has 1 aromatic carbocycles. The molecule has 3 atom stereocenters. The number of rotatable bonds is 5. The van der Waals surface area contributed by atoms with Crippen LogP contribution in [0, 0.1) is 11.7 Å². The third-order valence-electron chi connectivity index (χ3n) is 4.84. The van der Waals surface area contributed by atoms with Crippen LogP contribution in [-0.2, 0) is 11.2 Å². The number of benzene rings is 1. The van der Waals surface area contributed by atoms with E-state index >= 15 is 0 Å². The molecule has 3 rings (SSSR count). The number of nitrogens with one attached hydrogen (secondary N) is 2. The maximum Gasteiger partial charge on any atom is 0.137 e. The summed E-state index contributed by atoms with van der Waals surface area (Å²) < 4.78 is 19.4. The largest absolute Gasteiger partial charge is 0.379 e. The van der Waals surface area contributed by atoms with E-state index in [4.69, 9.17) is 4.74 Å². The Labute approximate surface area is 152 Å². The lowest BCUT2D eigenvalue weighted by Gasteiger charge is -2.33. The van der Waals surface area contributed by atoms with Crippen LogP contribution in [0.25, 0.3) is 0 Å². The zero-order valence-electron chi connectivity index (χ0n) is 13.2. The van der Waals surface area contributed by atoms with Crippen molar-refractivity contribution in [3.8, 4) is 0 Å². The molecule has 2 N–H and O–H groups in total. The van der Waals surface area contributed by atoms with Gasteiger partial charge in [-0.2, -0.15) is 0 Å². The molecular weight excluding hydrogens is 383 g/mol. The van der Waals surface area contributed by atoms with Crippen LogP contribution in [-0.4, -0.2) is 38.4 Å². The summed E-state index contributed by atoms with van der Waals surface area (Å²) in [5.74, 6) is 0.469. The summed E-state index contributed by atoms with van der Waals surface area (Å²) in [6.45, 7) is 3.58. The van der Waals surface area contributed by atoms with Crippen molar-refractivity contribution in [3.63, 3.8) is 0 Å². The Bertz CT molecular complexity index is 499. The van der Waals surface area contributed by atoms with Crippen molar-refractivity contribution in [2.45, 2.75) is 37.8 Å². The Morgan fingerprint density at radius 2 is 2.22 bits per heavy atom. The van der Waals surface area contributed by atoms with Gasteiger partial charge < -0.3 is 15.4 Å². The van der Waals surface area contributed by atoms with Crippen LogP contribution in [0.1, 0.15) is 24.8 Å². The van der Waals surface area contributed by atoms with Gasteiger partial charge in [0.1, 0.15) is 5.82 Å². The third-order valence-corrected chi connectivity index (χ3v) is 5.45. The van der Waals surface area contributed by atoms with Crippen LogP contribution in [0.2, 0.25) is 0 Å². The van der Waals surface area contributed by atoms with Gasteiger partial charge in [-0.3, -0.25) is 0 Å². The molecule has 1 saturated heterocycles. The molecule has 1 saturated carbocycles. The molecule has 1 heterocycles. The lowest BCUT2D eigenvalue weighted by atomic mass is 9.94. The van der Waals surface area contributed by atoms with Gasteiger partial charge in [-0.25, -0.2) is 4.39 Å². The first-order chi connectivity index (χ1) is 10.7. The molecule has 2 aliphatic rings. The maximum atomic E-state index is 13.2. The molecule has 0 radical (unpaired) electrons. The van der Waals surface area contributed by atoms with Gasteiger partial charge in [0, 0.05) is 18.6 Å². The zero-order valence-corrected chi connectivity index (χ0v) is 15.6. The minimum Gasteiger partial charge on any atom is -0.379 e. The van der Waals surface area contributed by atoms with Crippen LogP contribution < -0.4 is 10.6 Å². The predicted octanol–water partition coefficient (Wildman–Crippen LogP) is 3.30. The van der Waals surface area contributed by atoms with Gasteiger partial charge in [0.2, 0.25) is 0 Å². The van der Waals surface area contributed by atoms with E-state index in [9.17, 15) is 4.39 Å². The van der Waals surface area contributed by atoms with Crippen molar-refractivity contribution in [2.24, 2.45) is 5.92 Å². The van der Waals surface area contributed by atoms with E-state index in [1.165, 1.54) is 25.3 Å². The van der Waals surface area contributed by atoms with Crippen molar-refractivity contribution in [3.05, 3.63) is 34.1 Å². The van der Waals surface area contributed by atoms with E-state index in [-0.39, 0.29) is 18.2 Å². The Balaban J connectivity index is 0.00000192. The average molecular weight is 408 g/mol. The van der Waals surface area contributed by atoms with Gasteiger partial charge in [-0.05, 0) is 65.4 Å². The second kappa shape index (κ2) is 9.33. The van der Waals surface area contributed by atoms with Crippen molar-refractivity contribution in [1.29, 1.82) is 0 Å². The first kappa shape index (κ1) is 19.1. The second-order valence-electron chi connectivity index (χ2n) is 6.29. The molecule has 0 amide bonds. The number of morpholine rings is 1. The zero-order chi connectivity index (χ0) is 15.4. The molecule has 130 valence electrons. The lowest BCUT2D eigenvalue weighted by Crippen LogP contribution is -2.51. The van der Waals surface area contributed by atoms with E-state index in [2.05, 4.69) is 26.6 Å². The van der Waals surface area contributed by atoms with E-state index in [0.717, 1.165) is 38.3 Å². The minimum absolute atomic E-state index is 0. The normalized spacial score (nSPS) is 27.7. The van der Waals surface area contributed by atoms with E-state index in [0.29, 0.717) is 22.5 Å². The van der Waals surface area contributed by atoms with Crippen molar-refractivity contribution < 1.29 is 9.13 Å². The topological polar surface area (TPSA) is 33.3 Å². The van der Waals surface area contributed by atoms with Gasteiger partial charge in [-0.1, -0.05) is 12.5 Å². The molecule has 0 aromatic heterocycles. The third kappa shape index (κ3) is 5.13. The van der Waals surface area contributed by atoms with E-state index < -0.39 is 0 Å². The highest BCUT2D eigenvalue weighted by Crippen LogP contribution is 2.29. The molecule has 0 spiro atoms. The van der Waals surface area contributed by atoms with Gasteiger partial charge in [0.25, 0.3) is 0 Å². The SMILES string of the molecule is Cl.Fc1ccc(CCNC2CCCC2C2COCCN2)cc1Br. The van der Waals surface area contributed by atoms with Gasteiger partial charge in [0.15, 0.2) is 0 Å². The summed E-state index contributed by atoms with van der Waals surface area (Å²) in [4.78, 5) is 0.